The van der Waals surface area contributed by atoms with E-state index in [1.54, 1.807) is 6.92 Å². The van der Waals surface area contributed by atoms with E-state index in [9.17, 15) is 22.8 Å². The highest BCUT2D eigenvalue weighted by Gasteiger charge is 2.20. The van der Waals surface area contributed by atoms with Crippen LogP contribution in [-0.2, 0) is 17.9 Å². The molecule has 1 aromatic heterocycles. The number of benzene rings is 2. The number of carbonyl (C=O) groups excluding carboxylic acids is 1. The Morgan fingerprint density at radius 3 is 2.52 bits per heavy atom. The maximum atomic E-state index is 14.2. The lowest BCUT2D eigenvalue weighted by molar-refractivity contribution is 0.151. The van der Waals surface area contributed by atoms with Crippen molar-refractivity contribution in [3.05, 3.63) is 86.2 Å². The second-order valence-corrected chi connectivity index (χ2v) is 7.14. The number of nitrogens with one attached hydrogen (secondary N) is 1. The molecule has 0 bridgehead atoms. The molecule has 1 heterocycles. The Kier molecular flexibility index (Phi) is 7.59. The first kappa shape index (κ1) is 24.1. The molecule has 174 valence electrons. The Bertz CT molecular complexity index is 1230. The molecular formula is C22H19ClF3N3O4. The fourth-order valence-corrected chi connectivity index (χ4v) is 3.22. The van der Waals surface area contributed by atoms with Gasteiger partial charge in [-0.2, -0.15) is 4.98 Å². The van der Waals surface area contributed by atoms with Gasteiger partial charge in [0.25, 0.3) is 5.56 Å². The summed E-state index contributed by atoms with van der Waals surface area (Å²) in [4.78, 5) is 28.3. The summed E-state index contributed by atoms with van der Waals surface area (Å²) in [6.07, 6.45) is -0.669. The largest absolute Gasteiger partial charge is 0.472 e. The quantitative estimate of drug-likeness (QED) is 0.539. The van der Waals surface area contributed by atoms with Crippen LogP contribution in [0.2, 0.25) is 5.02 Å². The molecule has 2 aromatic carbocycles. The minimum Gasteiger partial charge on any atom is -0.472 e. The fraction of sp³-hybridized carbons (Fsp3) is 0.227. The van der Waals surface area contributed by atoms with Crippen molar-refractivity contribution in [2.45, 2.75) is 27.0 Å². The van der Waals surface area contributed by atoms with E-state index in [0.717, 1.165) is 18.2 Å². The molecule has 0 atom stereocenters. The molecule has 7 nitrogen and oxygen atoms in total. The first-order valence-electron chi connectivity index (χ1n) is 9.77. The van der Waals surface area contributed by atoms with Gasteiger partial charge in [-0.05, 0) is 49.2 Å². The molecule has 1 N–H and O–H groups in total. The Morgan fingerprint density at radius 2 is 1.85 bits per heavy atom. The van der Waals surface area contributed by atoms with Crippen molar-refractivity contribution in [1.82, 2.24) is 14.9 Å². The lowest BCUT2D eigenvalue weighted by atomic mass is 10.1. The highest BCUT2D eigenvalue weighted by atomic mass is 35.5. The Morgan fingerprint density at radius 1 is 1.15 bits per heavy atom. The second-order valence-electron chi connectivity index (χ2n) is 6.76. The highest BCUT2D eigenvalue weighted by Crippen LogP contribution is 2.24. The summed E-state index contributed by atoms with van der Waals surface area (Å²) >= 11 is 6.09. The maximum absolute atomic E-state index is 14.2. The van der Waals surface area contributed by atoms with Crippen LogP contribution in [0.25, 0.3) is 5.69 Å². The number of ether oxygens (including phenoxy) is 2. The number of alkyl carbamates (subject to hydrolysis) is 1. The first-order valence-corrected chi connectivity index (χ1v) is 10.1. The monoisotopic (exact) mass is 481 g/mol. The van der Waals surface area contributed by atoms with Crippen LogP contribution in [0.5, 0.6) is 5.88 Å². The molecule has 0 radical (unpaired) electrons. The minimum atomic E-state index is -0.961. The number of carbonyl (C=O) groups is 1. The van der Waals surface area contributed by atoms with Gasteiger partial charge in [0.15, 0.2) is 5.02 Å². The molecular weight excluding hydrogens is 463 g/mol. The van der Waals surface area contributed by atoms with Gasteiger partial charge in [-0.1, -0.05) is 23.7 Å². The molecule has 0 saturated heterocycles. The molecule has 0 aliphatic heterocycles. The Balaban J connectivity index is 1.87. The smallest absolute Gasteiger partial charge is 0.407 e. The van der Waals surface area contributed by atoms with Crippen molar-refractivity contribution < 1.29 is 27.4 Å². The topological polar surface area (TPSA) is 82.4 Å². The Labute approximate surface area is 191 Å². The predicted molar refractivity (Wildman–Crippen MR) is 114 cm³/mol. The van der Waals surface area contributed by atoms with Crippen LogP contribution in [0.3, 0.4) is 0 Å². The van der Waals surface area contributed by atoms with Crippen LogP contribution >= 0.6 is 11.6 Å². The Hall–Kier alpha value is -3.53. The number of nitrogens with zero attached hydrogens (tertiary/aromatic N) is 2. The summed E-state index contributed by atoms with van der Waals surface area (Å²) in [5.41, 5.74) is -0.649. The number of hydrogen-bond donors (Lipinski definition) is 1. The maximum Gasteiger partial charge on any atom is 0.407 e. The molecule has 3 aromatic rings. The van der Waals surface area contributed by atoms with Gasteiger partial charge in [-0.15, -0.1) is 0 Å². The van der Waals surface area contributed by atoms with E-state index < -0.39 is 39.8 Å². The van der Waals surface area contributed by atoms with Crippen LogP contribution < -0.4 is 15.6 Å². The van der Waals surface area contributed by atoms with Gasteiger partial charge in [-0.25, -0.2) is 18.0 Å². The standard InChI is InChI=1S/C22H19ClF3N3O4/c1-3-32-22(31)27-10-14-9-15(24)8-7-13(14)11-33-20-18(23)21(30)29(12(2)28-20)19-16(25)5-4-6-17(19)26/h4-9H,3,10-11H2,1-2H3,(H,27,31). The van der Waals surface area contributed by atoms with Gasteiger partial charge in [-0.3, -0.25) is 9.36 Å². The van der Waals surface area contributed by atoms with Crippen molar-refractivity contribution in [2.24, 2.45) is 0 Å². The molecule has 3 rings (SSSR count). The van der Waals surface area contributed by atoms with E-state index in [4.69, 9.17) is 21.1 Å². The molecule has 1 amide bonds. The first-order chi connectivity index (χ1) is 15.7. The highest BCUT2D eigenvalue weighted by molar-refractivity contribution is 6.31. The molecule has 0 unspecified atom stereocenters. The van der Waals surface area contributed by atoms with Crippen LogP contribution in [-0.4, -0.2) is 22.3 Å². The molecule has 0 spiro atoms. The van der Waals surface area contributed by atoms with Crippen LogP contribution in [0.1, 0.15) is 23.9 Å². The number of amides is 1. The van der Waals surface area contributed by atoms with Gasteiger partial charge in [0.2, 0.25) is 5.88 Å². The van der Waals surface area contributed by atoms with Crippen molar-refractivity contribution in [1.29, 1.82) is 0 Å². The zero-order chi connectivity index (χ0) is 24.1. The number of aryl methyl sites for hydroxylation is 1. The van der Waals surface area contributed by atoms with Gasteiger partial charge in [0.05, 0.1) is 6.61 Å². The van der Waals surface area contributed by atoms with Crippen LogP contribution in [0, 0.1) is 24.4 Å². The van der Waals surface area contributed by atoms with E-state index in [1.807, 2.05) is 0 Å². The van der Waals surface area contributed by atoms with E-state index in [1.165, 1.54) is 25.1 Å². The summed E-state index contributed by atoms with van der Waals surface area (Å²) in [6, 6.07) is 7.02. The zero-order valence-corrected chi connectivity index (χ0v) is 18.4. The number of aromatic nitrogens is 2. The number of para-hydroxylation sites is 1. The fourth-order valence-electron chi connectivity index (χ4n) is 3.04. The number of rotatable bonds is 7. The summed E-state index contributed by atoms with van der Waals surface area (Å²) in [5, 5.41) is 1.99. The molecule has 0 aliphatic rings. The van der Waals surface area contributed by atoms with Crippen molar-refractivity contribution in [2.75, 3.05) is 6.61 Å². The molecule has 33 heavy (non-hydrogen) atoms. The SMILES string of the molecule is CCOC(=O)NCc1cc(F)ccc1COc1nc(C)n(-c2c(F)cccc2F)c(=O)c1Cl. The van der Waals surface area contributed by atoms with Crippen LogP contribution in [0.15, 0.2) is 41.2 Å². The van der Waals surface area contributed by atoms with E-state index in [-0.39, 0.29) is 31.5 Å². The molecule has 0 fully saturated rings. The van der Waals surface area contributed by atoms with E-state index >= 15 is 0 Å². The average Bonchev–Trinajstić information content (AvgIpc) is 2.77. The van der Waals surface area contributed by atoms with Crippen molar-refractivity contribution in [3.8, 4) is 11.6 Å². The third-order valence-corrected chi connectivity index (χ3v) is 4.88. The third-order valence-electron chi connectivity index (χ3n) is 4.56. The predicted octanol–water partition coefficient (Wildman–Crippen LogP) is 4.44. The lowest BCUT2D eigenvalue weighted by Crippen LogP contribution is -2.25. The summed E-state index contributed by atoms with van der Waals surface area (Å²) in [6.45, 7) is 2.97. The van der Waals surface area contributed by atoms with Gasteiger partial charge >= 0.3 is 6.09 Å². The average molecular weight is 482 g/mol. The minimum absolute atomic E-state index is 0.0381. The second kappa shape index (κ2) is 10.4. The molecule has 11 heteroatoms. The van der Waals surface area contributed by atoms with Gasteiger partial charge in [0.1, 0.15) is 35.6 Å². The van der Waals surface area contributed by atoms with Crippen LogP contribution in [0.4, 0.5) is 18.0 Å². The third kappa shape index (κ3) is 5.46. The van der Waals surface area contributed by atoms with Crippen molar-refractivity contribution >= 4 is 17.7 Å². The van der Waals surface area contributed by atoms with E-state index in [0.29, 0.717) is 15.7 Å². The molecule has 0 saturated carbocycles. The lowest BCUT2D eigenvalue weighted by Gasteiger charge is -2.15. The van der Waals surface area contributed by atoms with Crippen molar-refractivity contribution in [3.63, 3.8) is 0 Å². The van der Waals surface area contributed by atoms with E-state index in [2.05, 4.69) is 10.3 Å². The van der Waals surface area contributed by atoms with Gasteiger partial charge in [0, 0.05) is 6.54 Å². The summed E-state index contributed by atoms with van der Waals surface area (Å²) in [7, 11) is 0. The number of hydrogen-bond acceptors (Lipinski definition) is 5. The molecule has 0 aliphatic carbocycles. The summed E-state index contributed by atoms with van der Waals surface area (Å²) < 4.78 is 53.1. The summed E-state index contributed by atoms with van der Waals surface area (Å²) in [5.74, 6) is -2.78. The zero-order valence-electron chi connectivity index (χ0n) is 17.6. The normalized spacial score (nSPS) is 10.7. The number of halogens is 4. The van der Waals surface area contributed by atoms with Gasteiger partial charge < -0.3 is 14.8 Å².